The lowest BCUT2D eigenvalue weighted by Crippen LogP contribution is -2.25. The minimum Gasteiger partial charge on any atom is -0.492 e. The van der Waals surface area contributed by atoms with Crippen molar-refractivity contribution in [2.45, 2.75) is 31.6 Å². The Morgan fingerprint density at radius 3 is 2.47 bits per heavy atom. The van der Waals surface area contributed by atoms with Crippen LogP contribution in [0.4, 0.5) is 5.95 Å². The second-order valence-corrected chi connectivity index (χ2v) is 9.96. The quantitative estimate of drug-likeness (QED) is 0.375. The van der Waals surface area contributed by atoms with Gasteiger partial charge < -0.3 is 9.64 Å². The van der Waals surface area contributed by atoms with E-state index >= 15 is 0 Å². The number of aryl methyl sites for hydroxylation is 1. The van der Waals surface area contributed by atoms with Crippen LogP contribution in [0.3, 0.4) is 0 Å². The van der Waals surface area contributed by atoms with Crippen LogP contribution in [0.5, 0.6) is 5.75 Å². The Hall–Kier alpha value is -2.80. The first-order chi connectivity index (χ1) is 15.5. The molecular formula is C25H31N4O2S+. The molecule has 1 aromatic carbocycles. The second-order valence-electron chi connectivity index (χ2n) is 8.45. The number of hydrogen-bond acceptors (Lipinski definition) is 6. The molecular weight excluding hydrogens is 420 g/mol. The van der Waals surface area contributed by atoms with E-state index in [1.807, 2.05) is 48.8 Å². The molecule has 0 saturated carbocycles. The highest BCUT2D eigenvalue weighted by molar-refractivity contribution is 7.84. The molecule has 1 fully saturated rings. The first kappa shape index (κ1) is 22.4. The molecule has 168 valence electrons. The fourth-order valence-corrected chi connectivity index (χ4v) is 4.54. The van der Waals surface area contributed by atoms with E-state index in [0.29, 0.717) is 18.4 Å². The van der Waals surface area contributed by atoms with E-state index in [1.54, 1.807) is 12.5 Å². The van der Waals surface area contributed by atoms with Gasteiger partial charge in [0.2, 0.25) is 5.95 Å². The van der Waals surface area contributed by atoms with E-state index in [0.717, 1.165) is 53.8 Å². The number of hydrogen-bond donors (Lipinski definition) is 0. The summed E-state index contributed by atoms with van der Waals surface area (Å²) >= 11 is 0. The van der Waals surface area contributed by atoms with Crippen LogP contribution in [-0.2, 0) is 21.4 Å². The van der Waals surface area contributed by atoms with Gasteiger partial charge in [-0.2, -0.15) is 0 Å². The molecule has 4 rings (SSSR count). The van der Waals surface area contributed by atoms with E-state index in [9.17, 15) is 4.21 Å². The molecule has 6 nitrogen and oxygen atoms in total. The number of pyridine rings is 1. The van der Waals surface area contributed by atoms with Gasteiger partial charge in [-0.3, -0.25) is 4.98 Å². The van der Waals surface area contributed by atoms with Crippen molar-refractivity contribution in [3.05, 3.63) is 60.6 Å². The summed E-state index contributed by atoms with van der Waals surface area (Å²) in [6, 6.07) is 11.7. The van der Waals surface area contributed by atoms with Crippen molar-refractivity contribution in [1.82, 2.24) is 15.0 Å². The summed E-state index contributed by atoms with van der Waals surface area (Å²) in [5.74, 6) is 2.59. The van der Waals surface area contributed by atoms with E-state index in [4.69, 9.17) is 4.74 Å². The summed E-state index contributed by atoms with van der Waals surface area (Å²) in [5, 5.41) is 0. The fraction of sp³-hybridized carbons (Fsp3) is 0.400. The molecule has 0 radical (unpaired) electrons. The standard InChI is InChI=1S/C25H30N4O2S/c1-4-19-13-27-25(28-14-19)29-12-11-21(16-29)18(2)17-31-22-7-10-24(26-15-22)20-5-8-23(9-6-20)32(3)30/h5-10,13-15,18,21H,4,11-12,16-17H2,1-3H3/p+1/t18-,21?,32?/m1/s1. The number of benzene rings is 1. The van der Waals surface area contributed by atoms with E-state index in [2.05, 4.69) is 33.7 Å². The van der Waals surface area contributed by atoms with E-state index < -0.39 is 10.8 Å². The lowest BCUT2D eigenvalue weighted by Gasteiger charge is -2.21. The molecule has 32 heavy (non-hydrogen) atoms. The van der Waals surface area contributed by atoms with Crippen LogP contribution in [0.15, 0.2) is 59.9 Å². The van der Waals surface area contributed by atoms with Crippen molar-refractivity contribution in [3.63, 3.8) is 0 Å². The highest BCUT2D eigenvalue weighted by atomic mass is 32.2. The molecule has 0 spiro atoms. The molecule has 1 saturated heterocycles. The first-order valence-corrected chi connectivity index (χ1v) is 12.9. The van der Waals surface area contributed by atoms with Gasteiger partial charge in [-0.15, -0.1) is 4.21 Å². The maximum absolute atomic E-state index is 11.6. The number of nitrogens with zero attached hydrogens (tertiary/aromatic N) is 4. The van der Waals surface area contributed by atoms with Crippen LogP contribution >= 0.6 is 0 Å². The van der Waals surface area contributed by atoms with Crippen molar-refractivity contribution < 1.29 is 8.95 Å². The van der Waals surface area contributed by atoms with Gasteiger partial charge in [0.05, 0.1) is 18.5 Å². The zero-order valence-corrected chi connectivity index (χ0v) is 19.8. The van der Waals surface area contributed by atoms with Crippen molar-refractivity contribution in [2.24, 2.45) is 11.8 Å². The van der Waals surface area contributed by atoms with Crippen LogP contribution in [-0.4, -0.2) is 40.9 Å². The van der Waals surface area contributed by atoms with Crippen molar-refractivity contribution >= 4 is 16.7 Å². The normalized spacial score (nSPS) is 17.8. The lowest BCUT2D eigenvalue weighted by molar-refractivity contribution is 0.215. The van der Waals surface area contributed by atoms with Gasteiger partial charge in [0.25, 0.3) is 0 Å². The smallest absolute Gasteiger partial charge is 0.225 e. The molecule has 1 aliphatic heterocycles. The molecule has 0 bridgehead atoms. The summed E-state index contributed by atoms with van der Waals surface area (Å²) in [6.07, 6.45) is 9.44. The minimum absolute atomic E-state index is 0.429. The van der Waals surface area contributed by atoms with Gasteiger partial charge >= 0.3 is 0 Å². The van der Waals surface area contributed by atoms with Crippen molar-refractivity contribution in [1.29, 1.82) is 0 Å². The molecule has 3 atom stereocenters. The van der Waals surface area contributed by atoms with Gasteiger partial charge in [0, 0.05) is 31.0 Å². The molecule has 7 heteroatoms. The van der Waals surface area contributed by atoms with Gasteiger partial charge in [0.1, 0.15) is 22.8 Å². The summed E-state index contributed by atoms with van der Waals surface area (Å²) in [7, 11) is -1.32. The zero-order valence-electron chi connectivity index (χ0n) is 18.9. The number of aromatic nitrogens is 3. The third-order valence-electron chi connectivity index (χ3n) is 6.19. The summed E-state index contributed by atoms with van der Waals surface area (Å²) < 4.78 is 17.6. The molecule has 3 heterocycles. The molecule has 1 aliphatic rings. The number of ether oxygens (including phenoxy) is 1. The number of rotatable bonds is 8. The number of thiol groups is 1. The predicted molar refractivity (Wildman–Crippen MR) is 130 cm³/mol. The van der Waals surface area contributed by atoms with Gasteiger partial charge in [-0.25, -0.2) is 9.97 Å². The van der Waals surface area contributed by atoms with Gasteiger partial charge in [-0.05, 0) is 66.6 Å². The Bertz CT molecular complexity index is 1040. The van der Waals surface area contributed by atoms with E-state index in [1.165, 1.54) is 5.56 Å². The summed E-state index contributed by atoms with van der Waals surface area (Å²) in [6.45, 7) is 6.97. The lowest BCUT2D eigenvalue weighted by atomic mass is 9.94. The third kappa shape index (κ3) is 5.33. The predicted octanol–water partition coefficient (Wildman–Crippen LogP) is 4.33. The van der Waals surface area contributed by atoms with Crippen molar-refractivity contribution in [2.75, 3.05) is 30.9 Å². The minimum atomic E-state index is -1.32. The summed E-state index contributed by atoms with van der Waals surface area (Å²) in [5.41, 5.74) is 3.05. The van der Waals surface area contributed by atoms with E-state index in [-0.39, 0.29) is 0 Å². The van der Waals surface area contributed by atoms with Gasteiger partial charge in [-0.1, -0.05) is 13.8 Å². The van der Waals surface area contributed by atoms with Crippen molar-refractivity contribution in [3.8, 4) is 17.0 Å². The molecule has 0 amide bonds. The zero-order chi connectivity index (χ0) is 22.5. The monoisotopic (exact) mass is 451 g/mol. The van der Waals surface area contributed by atoms with Crippen LogP contribution in [0, 0.1) is 11.8 Å². The van der Waals surface area contributed by atoms with Crippen LogP contribution in [0.25, 0.3) is 11.3 Å². The average molecular weight is 452 g/mol. The molecule has 2 aromatic heterocycles. The molecule has 0 N–H and O–H groups in total. The average Bonchev–Trinajstić information content (AvgIpc) is 3.33. The summed E-state index contributed by atoms with van der Waals surface area (Å²) in [4.78, 5) is 16.7. The second kappa shape index (κ2) is 10.2. The Kier molecular flexibility index (Phi) is 7.15. The maximum Gasteiger partial charge on any atom is 0.225 e. The Morgan fingerprint density at radius 1 is 1.09 bits per heavy atom. The highest BCUT2D eigenvalue weighted by Crippen LogP contribution is 2.27. The first-order valence-electron chi connectivity index (χ1n) is 11.2. The Labute approximate surface area is 192 Å². The Balaban J connectivity index is 1.29. The maximum atomic E-state index is 11.6. The Morgan fingerprint density at radius 2 is 1.84 bits per heavy atom. The molecule has 0 aliphatic carbocycles. The number of anilines is 1. The largest absolute Gasteiger partial charge is 0.492 e. The molecule has 2 unspecified atom stereocenters. The third-order valence-corrected chi connectivity index (χ3v) is 7.21. The van der Waals surface area contributed by atoms with Crippen LogP contribution in [0.1, 0.15) is 25.8 Å². The fourth-order valence-electron chi connectivity index (χ4n) is 3.97. The van der Waals surface area contributed by atoms with Crippen LogP contribution in [0.2, 0.25) is 0 Å². The SMILES string of the molecule is CCc1cnc(N2CCC([C@H](C)COc3ccc(-c4ccc([SH+](C)=O)cc4)nc3)C2)nc1. The topological polar surface area (TPSA) is 68.2 Å². The molecule has 3 aromatic rings. The van der Waals surface area contributed by atoms with Gasteiger partial charge in [0.15, 0.2) is 4.90 Å². The van der Waals surface area contributed by atoms with Crippen LogP contribution < -0.4 is 9.64 Å². The highest BCUT2D eigenvalue weighted by Gasteiger charge is 2.28.